The minimum Gasteiger partial charge on any atom is -0.490 e. The molecule has 0 aliphatic heterocycles. The van der Waals surface area contributed by atoms with Crippen LogP contribution in [0, 0.1) is 5.41 Å². The van der Waals surface area contributed by atoms with Crippen molar-refractivity contribution >= 4 is 28.9 Å². The molecule has 0 aromatic heterocycles. The van der Waals surface area contributed by atoms with Gasteiger partial charge in [0, 0.05) is 5.69 Å². The van der Waals surface area contributed by atoms with Crippen molar-refractivity contribution < 1.29 is 4.74 Å². The topological polar surface area (TPSA) is 35.2 Å². The first-order chi connectivity index (χ1) is 7.29. The highest BCUT2D eigenvalue weighted by atomic mass is 35.5. The molecule has 2 N–H and O–H groups in total. The summed E-state index contributed by atoms with van der Waals surface area (Å²) in [4.78, 5) is 0. The van der Waals surface area contributed by atoms with E-state index in [0.717, 1.165) is 6.42 Å². The first-order valence-corrected chi connectivity index (χ1v) is 5.92. The van der Waals surface area contributed by atoms with Gasteiger partial charge in [-0.2, -0.15) is 0 Å². The van der Waals surface area contributed by atoms with Crippen LogP contribution in [0.25, 0.3) is 0 Å². The van der Waals surface area contributed by atoms with E-state index >= 15 is 0 Å². The Morgan fingerprint density at radius 3 is 2.12 bits per heavy atom. The summed E-state index contributed by atoms with van der Waals surface area (Å²) in [5.74, 6) is 0.516. The minimum atomic E-state index is 0.229. The molecule has 0 radical (unpaired) electrons. The van der Waals surface area contributed by atoms with Crippen molar-refractivity contribution in [3.05, 3.63) is 22.2 Å². The summed E-state index contributed by atoms with van der Waals surface area (Å²) in [6.45, 7) is 7.06. The molecule has 0 amide bonds. The normalized spacial score (nSPS) is 11.6. The number of benzene rings is 1. The van der Waals surface area contributed by atoms with Gasteiger partial charge in [0.25, 0.3) is 0 Å². The maximum absolute atomic E-state index is 6.00. The van der Waals surface area contributed by atoms with Crippen molar-refractivity contribution in [1.82, 2.24) is 0 Å². The van der Waals surface area contributed by atoms with E-state index in [2.05, 4.69) is 20.8 Å². The SMILES string of the molecule is CC(C)(C)CCOc1c(Cl)cc(N)cc1Cl. The van der Waals surface area contributed by atoms with Crippen molar-refractivity contribution in [2.45, 2.75) is 27.2 Å². The molecule has 4 heteroatoms. The lowest BCUT2D eigenvalue weighted by Gasteiger charge is -2.19. The number of nitrogens with two attached hydrogens (primary N) is 1. The van der Waals surface area contributed by atoms with Gasteiger partial charge in [0.1, 0.15) is 0 Å². The Labute approximate surface area is 107 Å². The zero-order valence-corrected chi connectivity index (χ0v) is 11.3. The fourth-order valence-corrected chi connectivity index (χ4v) is 1.79. The molecular formula is C12H17Cl2NO. The molecule has 0 spiro atoms. The van der Waals surface area contributed by atoms with Crippen LogP contribution in [0.1, 0.15) is 27.2 Å². The Hall–Kier alpha value is -0.600. The van der Waals surface area contributed by atoms with E-state index in [1.807, 2.05) is 0 Å². The molecule has 0 unspecified atom stereocenters. The number of rotatable bonds is 3. The third-order valence-corrected chi connectivity index (χ3v) is 2.68. The molecule has 1 aromatic rings. The molecule has 0 aliphatic carbocycles. The second-order valence-corrected chi connectivity index (χ2v) is 5.79. The van der Waals surface area contributed by atoms with E-state index in [4.69, 9.17) is 33.7 Å². The lowest BCUT2D eigenvalue weighted by Crippen LogP contribution is -2.11. The van der Waals surface area contributed by atoms with Gasteiger partial charge < -0.3 is 10.5 Å². The molecule has 90 valence electrons. The second kappa shape index (κ2) is 5.15. The predicted molar refractivity (Wildman–Crippen MR) is 70.4 cm³/mol. The number of halogens is 2. The van der Waals surface area contributed by atoms with E-state index in [1.165, 1.54) is 0 Å². The average molecular weight is 262 g/mol. The molecular weight excluding hydrogens is 245 g/mol. The highest BCUT2D eigenvalue weighted by Gasteiger charge is 2.13. The van der Waals surface area contributed by atoms with Crippen LogP contribution in [-0.4, -0.2) is 6.61 Å². The zero-order valence-electron chi connectivity index (χ0n) is 9.81. The van der Waals surface area contributed by atoms with Crippen molar-refractivity contribution in [3.8, 4) is 5.75 Å². The van der Waals surface area contributed by atoms with Gasteiger partial charge in [0.05, 0.1) is 16.7 Å². The van der Waals surface area contributed by atoms with Crippen LogP contribution in [0.5, 0.6) is 5.75 Å². The summed E-state index contributed by atoms with van der Waals surface area (Å²) in [5, 5.41) is 0.915. The Bertz CT molecular complexity index is 349. The fraction of sp³-hybridized carbons (Fsp3) is 0.500. The highest BCUT2D eigenvalue weighted by Crippen LogP contribution is 2.35. The summed E-state index contributed by atoms with van der Waals surface area (Å²) < 4.78 is 5.58. The van der Waals surface area contributed by atoms with E-state index < -0.39 is 0 Å². The molecule has 0 bridgehead atoms. The van der Waals surface area contributed by atoms with Gasteiger partial charge in [-0.05, 0) is 24.0 Å². The van der Waals surface area contributed by atoms with Gasteiger partial charge in [-0.25, -0.2) is 0 Å². The summed E-state index contributed by atoms with van der Waals surface area (Å²) in [5.41, 5.74) is 6.37. The molecule has 0 aliphatic rings. The molecule has 16 heavy (non-hydrogen) atoms. The zero-order chi connectivity index (χ0) is 12.3. The summed E-state index contributed by atoms with van der Waals surface area (Å²) in [6, 6.07) is 3.28. The van der Waals surface area contributed by atoms with Crippen LogP contribution >= 0.6 is 23.2 Å². The Balaban J connectivity index is 2.68. The lowest BCUT2D eigenvalue weighted by atomic mass is 9.93. The van der Waals surface area contributed by atoms with E-state index in [1.54, 1.807) is 12.1 Å². The molecule has 1 aromatic carbocycles. The van der Waals surface area contributed by atoms with E-state index in [9.17, 15) is 0 Å². The summed E-state index contributed by atoms with van der Waals surface area (Å²) in [7, 11) is 0. The van der Waals surface area contributed by atoms with Gasteiger partial charge in [0.15, 0.2) is 5.75 Å². The molecule has 0 atom stereocenters. The van der Waals surface area contributed by atoms with Crippen molar-refractivity contribution in [2.75, 3.05) is 12.3 Å². The quantitative estimate of drug-likeness (QED) is 0.820. The van der Waals surface area contributed by atoms with Crippen LogP contribution in [-0.2, 0) is 0 Å². The molecule has 0 heterocycles. The Morgan fingerprint density at radius 2 is 1.69 bits per heavy atom. The third-order valence-electron chi connectivity index (χ3n) is 2.12. The van der Waals surface area contributed by atoms with Crippen LogP contribution in [0.4, 0.5) is 5.69 Å². The van der Waals surface area contributed by atoms with Gasteiger partial charge >= 0.3 is 0 Å². The van der Waals surface area contributed by atoms with Crippen LogP contribution in [0.3, 0.4) is 0 Å². The predicted octanol–water partition coefficient (Wildman–Crippen LogP) is 4.39. The van der Waals surface area contributed by atoms with Crippen molar-refractivity contribution in [3.63, 3.8) is 0 Å². The maximum atomic E-state index is 6.00. The van der Waals surface area contributed by atoms with Gasteiger partial charge in [-0.15, -0.1) is 0 Å². The van der Waals surface area contributed by atoms with Gasteiger partial charge in [-0.1, -0.05) is 44.0 Å². The summed E-state index contributed by atoms with van der Waals surface area (Å²) >= 11 is 12.0. The van der Waals surface area contributed by atoms with E-state index in [-0.39, 0.29) is 5.41 Å². The standard InChI is InChI=1S/C12H17Cl2NO/c1-12(2,3)4-5-16-11-9(13)6-8(15)7-10(11)14/h6-7H,4-5,15H2,1-3H3. The first kappa shape index (κ1) is 13.5. The monoisotopic (exact) mass is 261 g/mol. The first-order valence-electron chi connectivity index (χ1n) is 5.17. The van der Waals surface area contributed by atoms with Crippen LogP contribution in [0.15, 0.2) is 12.1 Å². The van der Waals surface area contributed by atoms with Crippen LogP contribution < -0.4 is 10.5 Å². The Morgan fingerprint density at radius 1 is 1.19 bits per heavy atom. The molecule has 1 rings (SSSR count). The smallest absolute Gasteiger partial charge is 0.156 e. The summed E-state index contributed by atoms with van der Waals surface area (Å²) in [6.07, 6.45) is 0.935. The maximum Gasteiger partial charge on any atom is 0.156 e. The molecule has 0 fully saturated rings. The van der Waals surface area contributed by atoms with Crippen LogP contribution in [0.2, 0.25) is 10.0 Å². The third kappa shape index (κ3) is 4.11. The molecule has 0 saturated carbocycles. The largest absolute Gasteiger partial charge is 0.490 e. The second-order valence-electron chi connectivity index (χ2n) is 4.97. The molecule has 2 nitrogen and oxygen atoms in total. The van der Waals surface area contributed by atoms with E-state index in [0.29, 0.717) is 28.1 Å². The van der Waals surface area contributed by atoms with Gasteiger partial charge in [0.2, 0.25) is 0 Å². The number of hydrogen-bond acceptors (Lipinski definition) is 2. The number of hydrogen-bond donors (Lipinski definition) is 1. The number of anilines is 1. The minimum absolute atomic E-state index is 0.229. The number of nitrogen functional groups attached to an aromatic ring is 1. The highest BCUT2D eigenvalue weighted by molar-refractivity contribution is 6.37. The fourth-order valence-electron chi connectivity index (χ4n) is 1.18. The Kier molecular flexibility index (Phi) is 4.34. The average Bonchev–Trinajstić information content (AvgIpc) is 2.07. The molecule has 0 saturated heterocycles. The van der Waals surface area contributed by atoms with Gasteiger partial charge in [-0.3, -0.25) is 0 Å². The number of ether oxygens (including phenoxy) is 1. The lowest BCUT2D eigenvalue weighted by molar-refractivity contribution is 0.243. The van der Waals surface area contributed by atoms with Crippen molar-refractivity contribution in [2.24, 2.45) is 5.41 Å². The van der Waals surface area contributed by atoms with Crippen molar-refractivity contribution in [1.29, 1.82) is 0 Å².